The molecule has 5 N–H and O–H groups in total. The van der Waals surface area contributed by atoms with Gasteiger partial charge in [0.15, 0.2) is 23.1 Å². The number of halogens is 3. The predicted octanol–water partition coefficient (Wildman–Crippen LogP) is 11.8. The zero-order chi connectivity index (χ0) is 63.7. The number of ketones is 4. The fourth-order valence-electron chi connectivity index (χ4n) is 6.87. The van der Waals surface area contributed by atoms with E-state index in [2.05, 4.69) is 43.9 Å². The molecule has 3 atom stereocenters. The van der Waals surface area contributed by atoms with E-state index in [9.17, 15) is 29.4 Å². The molecule has 0 fully saturated rings. The van der Waals surface area contributed by atoms with Gasteiger partial charge in [0.25, 0.3) is 0 Å². The third kappa shape index (κ3) is 23.8. The first-order valence-corrected chi connectivity index (χ1v) is 28.4. The van der Waals surface area contributed by atoms with Crippen LogP contribution in [0.25, 0.3) is 23.7 Å². The van der Waals surface area contributed by atoms with E-state index in [4.69, 9.17) is 78.9 Å². The number of carbonyl (C=O) groups is 4. The number of Topliss-reactive ketones (excluding diaryl/α,β-unsaturated/α-hetero) is 1. The van der Waals surface area contributed by atoms with E-state index in [1.165, 1.54) is 12.2 Å². The minimum absolute atomic E-state index is 0. The van der Waals surface area contributed by atoms with Crippen LogP contribution in [0.5, 0.6) is 0 Å². The third-order valence-corrected chi connectivity index (χ3v) is 12.1. The van der Waals surface area contributed by atoms with Crippen molar-refractivity contribution in [1.82, 2.24) is 29.9 Å². The summed E-state index contributed by atoms with van der Waals surface area (Å²) in [6.07, 6.45) is 17.1. The molecule has 0 aliphatic heterocycles. The number of hydrogen-bond donors (Lipinski definition) is 5. The van der Waals surface area contributed by atoms with Crippen LogP contribution >= 0.6 is 59.6 Å². The van der Waals surface area contributed by atoms with E-state index in [1.807, 2.05) is 0 Å². The van der Waals surface area contributed by atoms with Crippen LogP contribution in [0.4, 0.5) is 0 Å². The van der Waals surface area contributed by atoms with Crippen molar-refractivity contribution in [3.63, 3.8) is 0 Å². The number of hydrogen-bond acceptors (Lipinski definition) is 24. The first kappa shape index (κ1) is 70.6. The van der Waals surface area contributed by atoms with Crippen molar-refractivity contribution in [2.24, 2.45) is 0 Å². The maximum atomic E-state index is 12.8. The summed E-state index contributed by atoms with van der Waals surface area (Å²) < 4.78 is 34.9. The fourth-order valence-corrected chi connectivity index (χ4v) is 7.53. The average molecular weight is 1300 g/mol. The Hall–Kier alpha value is -8.87. The maximum absolute atomic E-state index is 12.8. The summed E-state index contributed by atoms with van der Waals surface area (Å²) in [7, 11) is -9.13. The van der Waals surface area contributed by atoms with Gasteiger partial charge in [0, 0.05) is 136 Å². The first-order chi connectivity index (χ1) is 41.8. The Balaban J connectivity index is 0.000000595. The van der Waals surface area contributed by atoms with Gasteiger partial charge in [-0.3, -0.25) is 49.1 Å². The fraction of sp³-hybridized carbons (Fsp3) is 0.0175. The van der Waals surface area contributed by atoms with Crippen LogP contribution in [-0.2, 0) is 34.1 Å². The third-order valence-electron chi connectivity index (χ3n) is 10.7. The highest BCUT2D eigenvalue weighted by atomic mass is 35.5. The molecule has 0 amide bonds. The van der Waals surface area contributed by atoms with Crippen molar-refractivity contribution in [2.75, 3.05) is 0 Å². The minimum atomic E-state index is -3.04. The van der Waals surface area contributed by atoms with Gasteiger partial charge in [-0.15, -0.1) is 0 Å². The highest BCUT2D eigenvalue weighted by Gasteiger charge is 2.21. The zero-order valence-corrected chi connectivity index (χ0v) is 49.1. The molecule has 9 aromatic rings. The van der Waals surface area contributed by atoms with Crippen molar-refractivity contribution in [2.45, 2.75) is 6.42 Å². The monoisotopic (exact) mass is 1300 g/mol. The van der Waals surface area contributed by atoms with Gasteiger partial charge in [-0.1, -0.05) is 71.2 Å². The van der Waals surface area contributed by atoms with Gasteiger partial charge in [-0.2, -0.15) is 0 Å². The normalized spacial score (nSPS) is 11.0. The number of aromatic nitrogens is 6. The minimum Gasteiger partial charge on any atom is -0.565 e. The molecule has 0 aliphatic carbocycles. The number of nitrogens with zero attached hydrogens (tertiary/aromatic N) is 6. The predicted molar refractivity (Wildman–Crippen MR) is 319 cm³/mol. The molecule has 30 heteroatoms. The van der Waals surface area contributed by atoms with Crippen LogP contribution < -0.4 is 14.7 Å². The SMILES string of the molecule is O=C(Cc1ncccc1C(=O)c1ccccc1Cl)c1ccncc1.O=C(c1ccccc1Cl)c1cccnc1/C=C(/O)c1ccncc1.O=C(c1ccccc1Cl)c1cccnc1/C=C(\O)c1ccncc1.O=[P+]([O-])OO.O=[P+]([O-])OO.O=[P+]([O-])OO.[HH].[HH].[HH]. The molecule has 0 bridgehead atoms. The van der Waals surface area contributed by atoms with Gasteiger partial charge in [-0.25, -0.2) is 15.8 Å². The van der Waals surface area contributed by atoms with E-state index in [0.29, 0.717) is 82.2 Å². The Kier molecular flexibility index (Phi) is 31.0. The molecule has 450 valence electrons. The number of aliphatic hydroxyl groups excluding tert-OH is 2. The molecule has 0 spiro atoms. The summed E-state index contributed by atoms with van der Waals surface area (Å²) in [5, 5.41) is 42.8. The van der Waals surface area contributed by atoms with Crippen LogP contribution in [0.3, 0.4) is 0 Å². The second kappa shape index (κ2) is 38.2. The standard InChI is InChI=1S/3C19H13ClN2O2.3HO4P.3H2/c3*20-16-6-2-1-4-14(16)19(24)15-5-3-9-22-17(15)12-18(23)13-7-10-21-11-8-13;3*1-4-5(2)3;;;/h1-11H,12H2;2*1-12,23H;3*1H;3*1H/b;18-12+;18-12-;;;;;;. The van der Waals surface area contributed by atoms with E-state index in [-0.39, 0.29) is 45.4 Å². The van der Waals surface area contributed by atoms with Crippen LogP contribution in [0.15, 0.2) is 201 Å². The summed E-state index contributed by atoms with van der Waals surface area (Å²) in [5.41, 5.74) is 5.19. The van der Waals surface area contributed by atoms with Crippen LogP contribution in [0.2, 0.25) is 15.1 Å². The Morgan fingerprint density at radius 1 is 0.414 bits per heavy atom. The lowest BCUT2D eigenvalue weighted by Gasteiger charge is -2.08. The summed E-state index contributed by atoms with van der Waals surface area (Å²) in [6, 6.07) is 40.4. The van der Waals surface area contributed by atoms with E-state index in [0.717, 1.165) is 0 Å². The quantitative estimate of drug-likeness (QED) is 0.0197. The summed E-state index contributed by atoms with van der Waals surface area (Å²) in [6.45, 7) is 0. The Morgan fingerprint density at radius 2 is 0.690 bits per heavy atom. The second-order valence-corrected chi connectivity index (χ2v) is 19.1. The Bertz CT molecular complexity index is 3700. The van der Waals surface area contributed by atoms with Crippen LogP contribution in [-0.4, -0.2) is 79.0 Å². The highest BCUT2D eigenvalue weighted by molar-refractivity contribution is 7.30. The molecule has 87 heavy (non-hydrogen) atoms. The zero-order valence-electron chi connectivity index (χ0n) is 44.1. The summed E-state index contributed by atoms with van der Waals surface area (Å²) in [5.74, 6) is -0.853. The molecule has 0 aliphatic rings. The number of aliphatic hydroxyl groups is 2. The molecule has 0 saturated carbocycles. The van der Waals surface area contributed by atoms with Gasteiger partial charge in [0.2, 0.25) is 0 Å². The van der Waals surface area contributed by atoms with Crippen molar-refractivity contribution in [3.05, 3.63) is 284 Å². The van der Waals surface area contributed by atoms with Gasteiger partial charge in [0.05, 0.1) is 38.6 Å². The van der Waals surface area contributed by atoms with Crippen molar-refractivity contribution in [1.29, 1.82) is 0 Å². The topological polar surface area (TPSA) is 395 Å². The number of rotatable bonds is 16. The first-order valence-electron chi connectivity index (χ1n) is 24.0. The Morgan fingerprint density at radius 3 is 1.01 bits per heavy atom. The van der Waals surface area contributed by atoms with Crippen molar-refractivity contribution < 1.29 is 91.8 Å². The molecule has 6 aromatic heterocycles. The van der Waals surface area contributed by atoms with E-state index < -0.39 is 24.8 Å². The highest BCUT2D eigenvalue weighted by Crippen LogP contribution is 2.26. The number of benzene rings is 3. The molecule has 3 unspecified atom stereocenters. The van der Waals surface area contributed by atoms with Gasteiger partial charge < -0.3 is 24.9 Å². The molecule has 0 saturated heterocycles. The molecular formula is C57H48Cl3N6O18P3. The molecule has 24 nitrogen and oxygen atoms in total. The molecule has 3 aromatic carbocycles. The van der Waals surface area contributed by atoms with Gasteiger partial charge >= 0.3 is 24.8 Å². The molecule has 9 rings (SSSR count). The lowest BCUT2D eigenvalue weighted by molar-refractivity contribution is -0.245. The van der Waals surface area contributed by atoms with E-state index in [1.54, 1.807) is 201 Å². The molecule has 6 heterocycles. The average Bonchev–Trinajstić information content (AvgIpc) is 2.11. The lowest BCUT2D eigenvalue weighted by atomic mass is 9.98. The Labute approximate surface area is 515 Å². The lowest BCUT2D eigenvalue weighted by Crippen LogP contribution is -2.12. The van der Waals surface area contributed by atoms with E-state index >= 15 is 0 Å². The maximum Gasteiger partial charge on any atom is 0.521 e. The second-order valence-electron chi connectivity index (χ2n) is 16.1. The van der Waals surface area contributed by atoms with Crippen molar-refractivity contribution >= 4 is 106 Å². The molecular weight excluding hydrogens is 1260 g/mol. The number of carbonyl (C=O) groups excluding carboxylic acids is 4. The van der Waals surface area contributed by atoms with Crippen LogP contribution in [0.1, 0.15) is 90.6 Å². The largest absolute Gasteiger partial charge is 0.565 e. The van der Waals surface area contributed by atoms with Gasteiger partial charge in [-0.05, 0) is 123 Å². The summed E-state index contributed by atoms with van der Waals surface area (Å²) >= 11 is 18.3. The summed E-state index contributed by atoms with van der Waals surface area (Å²) in [4.78, 5) is 102. The van der Waals surface area contributed by atoms with Crippen LogP contribution in [0, 0.1) is 0 Å². The number of pyridine rings is 6. The van der Waals surface area contributed by atoms with Crippen molar-refractivity contribution in [3.8, 4) is 0 Å². The van der Waals surface area contributed by atoms with Gasteiger partial charge in [0.1, 0.15) is 11.5 Å². The molecule has 0 radical (unpaired) electrons. The smallest absolute Gasteiger partial charge is 0.521 e.